The van der Waals surface area contributed by atoms with E-state index in [0.717, 1.165) is 28.2 Å². The lowest BCUT2D eigenvalue weighted by Crippen LogP contribution is -2.40. The first-order valence-electron chi connectivity index (χ1n) is 9.84. The van der Waals surface area contributed by atoms with E-state index in [1.807, 2.05) is 13.8 Å². The van der Waals surface area contributed by atoms with Gasteiger partial charge in [0.15, 0.2) is 5.60 Å². The van der Waals surface area contributed by atoms with Crippen LogP contribution in [0.2, 0.25) is 0 Å². The maximum atomic E-state index is 12.2. The van der Waals surface area contributed by atoms with Crippen LogP contribution in [0.5, 0.6) is 5.75 Å². The maximum absolute atomic E-state index is 12.2. The summed E-state index contributed by atoms with van der Waals surface area (Å²) in [5.74, 6) is 0.990. The molecule has 5 heteroatoms. The van der Waals surface area contributed by atoms with Gasteiger partial charge in [0.05, 0.1) is 12.7 Å². The molecule has 1 aliphatic carbocycles. The summed E-state index contributed by atoms with van der Waals surface area (Å²) in [5.41, 5.74) is 3.39. The van der Waals surface area contributed by atoms with Crippen molar-refractivity contribution in [2.75, 3.05) is 6.61 Å². The molecule has 1 saturated carbocycles. The van der Waals surface area contributed by atoms with Crippen LogP contribution in [-0.2, 0) is 9.53 Å². The molecule has 1 aromatic carbocycles. The van der Waals surface area contributed by atoms with Gasteiger partial charge in [0.1, 0.15) is 5.75 Å². The molecule has 1 heterocycles. The number of esters is 1. The molecule has 0 radical (unpaired) electrons. The summed E-state index contributed by atoms with van der Waals surface area (Å²) in [6.45, 7) is 11.6. The standard InChI is InChI=1S/C23H30O4S/c1-7-26-22(25)23(5,6)27-21-14(3)9-16(10-15(21)4)17-11-18(17)20(24)19-8-13(2)12-28-19/h8-10,12,17-18,20,24H,7,11H2,1-6H3. The lowest BCUT2D eigenvalue weighted by Gasteiger charge is -2.26. The van der Waals surface area contributed by atoms with Gasteiger partial charge in [0, 0.05) is 4.88 Å². The van der Waals surface area contributed by atoms with Gasteiger partial charge in [-0.2, -0.15) is 0 Å². The fourth-order valence-corrected chi connectivity index (χ4v) is 4.69. The third-order valence-corrected chi connectivity index (χ3v) is 6.44. The van der Waals surface area contributed by atoms with Crippen molar-refractivity contribution >= 4 is 17.3 Å². The molecule has 3 atom stereocenters. The molecule has 0 aliphatic heterocycles. The molecule has 0 bridgehead atoms. The Hall–Kier alpha value is -1.85. The average Bonchev–Trinajstić information content (AvgIpc) is 3.31. The van der Waals surface area contributed by atoms with E-state index in [0.29, 0.717) is 12.5 Å². The first kappa shape index (κ1) is 20.9. The zero-order chi connectivity index (χ0) is 20.6. The molecular formula is C23H30O4S. The van der Waals surface area contributed by atoms with Crippen LogP contribution in [0.1, 0.15) is 66.3 Å². The highest BCUT2D eigenvalue weighted by Crippen LogP contribution is 2.55. The Balaban J connectivity index is 1.75. The van der Waals surface area contributed by atoms with E-state index in [9.17, 15) is 9.90 Å². The molecule has 1 N–H and O–H groups in total. The van der Waals surface area contributed by atoms with Gasteiger partial charge in [0.25, 0.3) is 0 Å². The van der Waals surface area contributed by atoms with Crippen molar-refractivity contribution in [3.8, 4) is 5.75 Å². The normalized spacial score (nSPS) is 20.0. The summed E-state index contributed by atoms with van der Waals surface area (Å²) in [6.07, 6.45) is 0.592. The highest BCUT2D eigenvalue weighted by Gasteiger charge is 2.44. The van der Waals surface area contributed by atoms with Gasteiger partial charge in [-0.15, -0.1) is 11.3 Å². The van der Waals surface area contributed by atoms with Crippen LogP contribution in [0, 0.1) is 26.7 Å². The van der Waals surface area contributed by atoms with Crippen LogP contribution in [0.25, 0.3) is 0 Å². The second-order valence-electron chi connectivity index (χ2n) is 8.29. The highest BCUT2D eigenvalue weighted by molar-refractivity contribution is 7.10. The van der Waals surface area contributed by atoms with Gasteiger partial charge in [-0.05, 0) is 93.5 Å². The van der Waals surface area contributed by atoms with E-state index in [2.05, 4.69) is 30.5 Å². The van der Waals surface area contributed by atoms with E-state index in [4.69, 9.17) is 9.47 Å². The molecule has 4 nitrogen and oxygen atoms in total. The second kappa shape index (κ2) is 7.88. The SMILES string of the molecule is CCOC(=O)C(C)(C)Oc1c(C)cc(C2CC2C(O)c2cc(C)cs2)cc1C. The Morgan fingerprint density at radius 2 is 1.89 bits per heavy atom. The lowest BCUT2D eigenvalue weighted by atomic mass is 9.99. The van der Waals surface area contributed by atoms with E-state index < -0.39 is 11.7 Å². The number of thiophene rings is 1. The molecule has 28 heavy (non-hydrogen) atoms. The van der Waals surface area contributed by atoms with Crippen molar-refractivity contribution in [2.24, 2.45) is 5.92 Å². The summed E-state index contributed by atoms with van der Waals surface area (Å²) in [5, 5.41) is 12.8. The van der Waals surface area contributed by atoms with Crippen molar-refractivity contribution < 1.29 is 19.4 Å². The van der Waals surface area contributed by atoms with Gasteiger partial charge in [0.2, 0.25) is 0 Å². The molecule has 2 aromatic rings. The summed E-state index contributed by atoms with van der Waals surface area (Å²) in [4.78, 5) is 13.2. The zero-order valence-corrected chi connectivity index (χ0v) is 18.4. The molecular weight excluding hydrogens is 372 g/mol. The monoisotopic (exact) mass is 402 g/mol. The largest absolute Gasteiger partial charge is 0.476 e. The number of aliphatic hydroxyl groups is 1. The molecule has 3 unspecified atom stereocenters. The zero-order valence-electron chi connectivity index (χ0n) is 17.5. The topological polar surface area (TPSA) is 55.8 Å². The summed E-state index contributed by atoms with van der Waals surface area (Å²) >= 11 is 1.63. The Morgan fingerprint density at radius 3 is 2.43 bits per heavy atom. The molecule has 0 saturated heterocycles. The van der Waals surface area contributed by atoms with E-state index >= 15 is 0 Å². The van der Waals surface area contributed by atoms with Crippen LogP contribution in [-0.4, -0.2) is 23.3 Å². The van der Waals surface area contributed by atoms with Crippen molar-refractivity contribution in [1.29, 1.82) is 0 Å². The van der Waals surface area contributed by atoms with E-state index in [1.54, 1.807) is 32.1 Å². The van der Waals surface area contributed by atoms with Crippen LogP contribution >= 0.6 is 11.3 Å². The highest BCUT2D eigenvalue weighted by atomic mass is 32.1. The minimum Gasteiger partial charge on any atom is -0.476 e. The number of aliphatic hydroxyl groups excluding tert-OH is 1. The summed E-state index contributed by atoms with van der Waals surface area (Å²) < 4.78 is 11.2. The fraction of sp³-hybridized carbons (Fsp3) is 0.522. The third kappa shape index (κ3) is 4.26. The van der Waals surface area contributed by atoms with Gasteiger partial charge in [-0.25, -0.2) is 4.79 Å². The minimum absolute atomic E-state index is 0.264. The first-order valence-corrected chi connectivity index (χ1v) is 10.7. The van der Waals surface area contributed by atoms with Gasteiger partial charge < -0.3 is 14.6 Å². The van der Waals surface area contributed by atoms with Crippen molar-refractivity contribution in [3.05, 3.63) is 50.7 Å². The minimum atomic E-state index is -1.04. The molecule has 1 aliphatic rings. The molecule has 152 valence electrons. The Morgan fingerprint density at radius 1 is 1.25 bits per heavy atom. The number of hydrogen-bond donors (Lipinski definition) is 1. The number of carbonyl (C=O) groups excluding carboxylic acids is 1. The van der Waals surface area contributed by atoms with E-state index in [1.165, 1.54) is 11.1 Å². The smallest absolute Gasteiger partial charge is 0.349 e. The van der Waals surface area contributed by atoms with Crippen molar-refractivity contribution in [2.45, 2.75) is 65.6 Å². The number of benzene rings is 1. The number of hydrogen-bond acceptors (Lipinski definition) is 5. The van der Waals surface area contributed by atoms with Gasteiger partial charge in [-0.3, -0.25) is 0 Å². The van der Waals surface area contributed by atoms with Crippen molar-refractivity contribution in [3.63, 3.8) is 0 Å². The number of ether oxygens (including phenoxy) is 2. The van der Waals surface area contributed by atoms with Crippen molar-refractivity contribution in [1.82, 2.24) is 0 Å². The maximum Gasteiger partial charge on any atom is 0.349 e. The summed E-state index contributed by atoms with van der Waals surface area (Å²) in [7, 11) is 0. The van der Waals surface area contributed by atoms with Crippen LogP contribution in [0.15, 0.2) is 23.6 Å². The van der Waals surface area contributed by atoms with Crippen LogP contribution in [0.3, 0.4) is 0 Å². The Labute approximate surface area is 171 Å². The predicted molar refractivity (Wildman–Crippen MR) is 112 cm³/mol. The lowest BCUT2D eigenvalue weighted by molar-refractivity contribution is -0.158. The summed E-state index contributed by atoms with van der Waals surface area (Å²) in [6, 6.07) is 6.33. The van der Waals surface area contributed by atoms with Gasteiger partial charge in [-0.1, -0.05) is 12.1 Å². The molecule has 0 spiro atoms. The fourth-order valence-electron chi connectivity index (χ4n) is 3.73. The molecule has 3 rings (SSSR count). The predicted octanol–water partition coefficient (Wildman–Crippen LogP) is 5.23. The van der Waals surface area contributed by atoms with Crippen LogP contribution < -0.4 is 4.74 Å². The average molecular weight is 403 g/mol. The molecule has 1 aromatic heterocycles. The first-order chi connectivity index (χ1) is 13.1. The molecule has 1 fully saturated rings. The Bertz CT molecular complexity index is 844. The van der Waals surface area contributed by atoms with Crippen LogP contribution in [0.4, 0.5) is 0 Å². The van der Waals surface area contributed by atoms with E-state index in [-0.39, 0.29) is 11.9 Å². The number of aryl methyl sites for hydroxylation is 3. The quantitative estimate of drug-likeness (QED) is 0.644. The second-order valence-corrected chi connectivity index (χ2v) is 9.24. The third-order valence-electron chi connectivity index (χ3n) is 5.32. The number of rotatable bonds is 7. The number of carbonyl (C=O) groups is 1. The molecule has 0 amide bonds. The van der Waals surface area contributed by atoms with Gasteiger partial charge >= 0.3 is 5.97 Å². The Kier molecular flexibility index (Phi) is 5.87.